The fraction of sp³-hybridized carbons (Fsp3) is 0.444. The minimum atomic E-state index is -1.09. The van der Waals surface area contributed by atoms with Gasteiger partial charge in [0, 0.05) is 4.75 Å². The van der Waals surface area contributed by atoms with E-state index in [1.165, 1.54) is 11.3 Å². The maximum atomic E-state index is 10.5. The van der Waals surface area contributed by atoms with Gasteiger partial charge in [-0.15, -0.1) is 23.1 Å². The van der Waals surface area contributed by atoms with E-state index in [4.69, 9.17) is 0 Å². The number of aromatic carboxylic acids is 1. The zero-order valence-corrected chi connectivity index (χ0v) is 9.42. The highest BCUT2D eigenvalue weighted by Crippen LogP contribution is 2.36. The third-order valence-electron chi connectivity index (χ3n) is 1.19. The number of carbonyl (C=O) groups is 1. The zero-order chi connectivity index (χ0) is 10.1. The molecule has 1 aromatic rings. The molecule has 0 aliphatic rings. The van der Waals surface area contributed by atoms with Gasteiger partial charge in [0.25, 0.3) is 0 Å². The van der Waals surface area contributed by atoms with Crippen LogP contribution in [0.4, 0.5) is 0 Å². The van der Waals surface area contributed by atoms with Gasteiger partial charge in [-0.25, -0.2) is 0 Å². The molecule has 13 heavy (non-hydrogen) atoms. The molecule has 0 aliphatic heterocycles. The molecule has 0 radical (unpaired) electrons. The van der Waals surface area contributed by atoms with E-state index < -0.39 is 5.97 Å². The van der Waals surface area contributed by atoms with Crippen molar-refractivity contribution in [2.45, 2.75) is 29.7 Å². The summed E-state index contributed by atoms with van der Waals surface area (Å²) in [6, 6.07) is 3.42. The highest BCUT2D eigenvalue weighted by Gasteiger charge is 2.13. The maximum absolute atomic E-state index is 10.5. The minimum Gasteiger partial charge on any atom is -0.544 e. The lowest BCUT2D eigenvalue weighted by Crippen LogP contribution is -2.20. The molecule has 0 aliphatic carbocycles. The molecular weight excluding hydrogens is 204 g/mol. The predicted molar refractivity (Wildman–Crippen MR) is 54.3 cm³/mol. The fourth-order valence-corrected chi connectivity index (χ4v) is 3.28. The normalized spacial score (nSPS) is 11.6. The number of hydrogen-bond donors (Lipinski definition) is 0. The molecule has 1 aromatic heterocycles. The van der Waals surface area contributed by atoms with Crippen LogP contribution < -0.4 is 5.11 Å². The molecule has 0 aromatic carbocycles. The summed E-state index contributed by atoms with van der Waals surface area (Å²) in [5.41, 5.74) is 0. The quantitative estimate of drug-likeness (QED) is 0.708. The smallest absolute Gasteiger partial charge is 0.0815 e. The lowest BCUT2D eigenvalue weighted by atomic mass is 10.3. The monoisotopic (exact) mass is 215 g/mol. The van der Waals surface area contributed by atoms with Crippen LogP contribution in [0.1, 0.15) is 30.4 Å². The summed E-state index contributed by atoms with van der Waals surface area (Å²) in [6.07, 6.45) is 0. The molecule has 0 unspecified atom stereocenters. The molecule has 0 amide bonds. The SMILES string of the molecule is CC(C)(C)Sc1ccc(C(=O)[O-])s1. The summed E-state index contributed by atoms with van der Waals surface area (Å²) in [7, 11) is 0. The van der Waals surface area contributed by atoms with Crippen LogP contribution in [-0.4, -0.2) is 10.7 Å². The highest BCUT2D eigenvalue weighted by molar-refractivity contribution is 8.02. The first-order valence-corrected chi connectivity index (χ1v) is 5.52. The second-order valence-corrected chi connectivity index (χ2v) is 6.83. The Bertz CT molecular complexity index is 310. The molecule has 1 heterocycles. The van der Waals surface area contributed by atoms with E-state index in [9.17, 15) is 9.90 Å². The van der Waals surface area contributed by atoms with Crippen LogP contribution in [-0.2, 0) is 0 Å². The van der Waals surface area contributed by atoms with E-state index in [1.54, 1.807) is 17.8 Å². The lowest BCUT2D eigenvalue weighted by molar-refractivity contribution is -0.254. The third kappa shape index (κ3) is 3.40. The summed E-state index contributed by atoms with van der Waals surface area (Å²) in [4.78, 5) is 10.8. The van der Waals surface area contributed by atoms with Crippen LogP contribution in [0, 0.1) is 0 Å². The van der Waals surface area contributed by atoms with Crippen LogP contribution in [0.3, 0.4) is 0 Å². The molecule has 72 valence electrons. The van der Waals surface area contributed by atoms with Gasteiger partial charge in [0.1, 0.15) is 0 Å². The first-order valence-electron chi connectivity index (χ1n) is 3.89. The lowest BCUT2D eigenvalue weighted by Gasteiger charge is -2.15. The second kappa shape index (κ2) is 3.72. The van der Waals surface area contributed by atoms with Gasteiger partial charge < -0.3 is 9.90 Å². The first kappa shape index (κ1) is 10.6. The summed E-state index contributed by atoms with van der Waals surface area (Å²) >= 11 is 2.94. The van der Waals surface area contributed by atoms with Gasteiger partial charge in [0.15, 0.2) is 0 Å². The van der Waals surface area contributed by atoms with Gasteiger partial charge in [-0.05, 0) is 12.1 Å². The summed E-state index contributed by atoms with van der Waals surface area (Å²) in [6.45, 7) is 6.28. The van der Waals surface area contributed by atoms with Gasteiger partial charge >= 0.3 is 0 Å². The number of hydrogen-bond acceptors (Lipinski definition) is 4. The Kier molecular flexibility index (Phi) is 3.03. The topological polar surface area (TPSA) is 40.1 Å². The van der Waals surface area contributed by atoms with Crippen molar-refractivity contribution < 1.29 is 9.90 Å². The summed E-state index contributed by atoms with van der Waals surface area (Å²) < 4.78 is 1.14. The predicted octanol–water partition coefficient (Wildman–Crippen LogP) is 2.00. The number of thiophene rings is 1. The van der Waals surface area contributed by atoms with Crippen molar-refractivity contribution in [3.8, 4) is 0 Å². The van der Waals surface area contributed by atoms with Crippen molar-refractivity contribution in [3.63, 3.8) is 0 Å². The van der Waals surface area contributed by atoms with Crippen LogP contribution in [0.5, 0.6) is 0 Å². The van der Waals surface area contributed by atoms with Gasteiger partial charge in [-0.3, -0.25) is 0 Å². The van der Waals surface area contributed by atoms with Crippen molar-refractivity contribution in [3.05, 3.63) is 17.0 Å². The average molecular weight is 215 g/mol. The molecule has 0 bridgehead atoms. The number of carboxylic acid groups (broad SMARTS) is 1. The average Bonchev–Trinajstić information content (AvgIpc) is 2.31. The van der Waals surface area contributed by atoms with Crippen LogP contribution in [0.25, 0.3) is 0 Å². The number of rotatable bonds is 2. The Labute approximate surface area is 86.0 Å². The maximum Gasteiger partial charge on any atom is 0.0815 e. The molecule has 0 saturated carbocycles. The van der Waals surface area contributed by atoms with Gasteiger partial charge in [-0.1, -0.05) is 20.8 Å². The van der Waals surface area contributed by atoms with E-state index >= 15 is 0 Å². The molecule has 0 N–H and O–H groups in total. The van der Waals surface area contributed by atoms with Crippen molar-refractivity contribution >= 4 is 29.1 Å². The molecule has 2 nitrogen and oxygen atoms in total. The van der Waals surface area contributed by atoms with Crippen molar-refractivity contribution in [2.75, 3.05) is 0 Å². The summed E-state index contributed by atoms with van der Waals surface area (Å²) in [5, 5.41) is 10.5. The second-order valence-electron chi connectivity index (χ2n) is 3.62. The zero-order valence-electron chi connectivity index (χ0n) is 7.79. The van der Waals surface area contributed by atoms with E-state index in [2.05, 4.69) is 20.8 Å². The van der Waals surface area contributed by atoms with E-state index in [-0.39, 0.29) is 4.75 Å². The Balaban J connectivity index is 2.75. The molecule has 0 atom stereocenters. The van der Waals surface area contributed by atoms with Crippen LogP contribution in [0.2, 0.25) is 0 Å². The first-order chi connectivity index (χ1) is 5.88. The summed E-state index contributed by atoms with van der Waals surface area (Å²) in [5.74, 6) is -1.09. The molecule has 4 heteroatoms. The molecule has 0 spiro atoms. The van der Waals surface area contributed by atoms with Gasteiger partial charge in [0.2, 0.25) is 0 Å². The molecule has 0 saturated heterocycles. The third-order valence-corrected chi connectivity index (χ3v) is 3.50. The van der Waals surface area contributed by atoms with Crippen molar-refractivity contribution in [2.24, 2.45) is 0 Å². The van der Waals surface area contributed by atoms with E-state index in [0.717, 1.165) is 4.21 Å². The Morgan fingerprint density at radius 3 is 2.46 bits per heavy atom. The van der Waals surface area contributed by atoms with E-state index in [1.807, 2.05) is 6.07 Å². The fourth-order valence-electron chi connectivity index (χ4n) is 0.786. The minimum absolute atomic E-state index is 0.119. The van der Waals surface area contributed by atoms with Crippen LogP contribution >= 0.6 is 23.1 Å². The highest BCUT2D eigenvalue weighted by atomic mass is 32.2. The van der Waals surface area contributed by atoms with E-state index in [0.29, 0.717) is 4.88 Å². The number of carboxylic acids is 1. The molecule has 0 fully saturated rings. The standard InChI is InChI=1S/C9H12O2S2/c1-9(2,3)13-7-5-4-6(12-7)8(10)11/h4-5H,1-3H3,(H,10,11)/p-1. The Morgan fingerprint density at radius 1 is 1.46 bits per heavy atom. The Morgan fingerprint density at radius 2 is 2.08 bits per heavy atom. The van der Waals surface area contributed by atoms with Gasteiger partial charge in [0.05, 0.1) is 15.1 Å². The van der Waals surface area contributed by atoms with Crippen molar-refractivity contribution in [1.29, 1.82) is 0 Å². The molecular formula is C9H11O2S2-. The van der Waals surface area contributed by atoms with Crippen LogP contribution in [0.15, 0.2) is 16.3 Å². The number of thioether (sulfide) groups is 1. The largest absolute Gasteiger partial charge is 0.544 e. The van der Waals surface area contributed by atoms with Crippen molar-refractivity contribution in [1.82, 2.24) is 0 Å². The van der Waals surface area contributed by atoms with Gasteiger partial charge in [-0.2, -0.15) is 0 Å². The Hall–Kier alpha value is -0.480. The number of carbonyl (C=O) groups excluding carboxylic acids is 1. The molecule has 1 rings (SSSR count).